The Hall–Kier alpha value is -2.98. The van der Waals surface area contributed by atoms with Crippen LogP contribution >= 0.6 is 11.3 Å². The van der Waals surface area contributed by atoms with Crippen molar-refractivity contribution in [1.82, 2.24) is 4.57 Å². The molecular formula is C18H16N2O6S2. The van der Waals surface area contributed by atoms with Gasteiger partial charge < -0.3 is 14.0 Å². The molecule has 3 aromatic rings. The van der Waals surface area contributed by atoms with E-state index in [9.17, 15) is 18.0 Å². The minimum absolute atomic E-state index is 0.0346. The van der Waals surface area contributed by atoms with E-state index >= 15 is 0 Å². The summed E-state index contributed by atoms with van der Waals surface area (Å²) in [4.78, 5) is 23.7. The van der Waals surface area contributed by atoms with Gasteiger partial charge in [-0.1, -0.05) is 29.5 Å². The molecule has 0 spiro atoms. The molecule has 10 heteroatoms. The van der Waals surface area contributed by atoms with Crippen LogP contribution in [-0.4, -0.2) is 39.1 Å². The van der Waals surface area contributed by atoms with Crippen molar-refractivity contribution in [3.63, 3.8) is 0 Å². The van der Waals surface area contributed by atoms with E-state index in [2.05, 4.69) is 4.40 Å². The zero-order chi connectivity index (χ0) is 20.3. The average Bonchev–Trinajstić information content (AvgIpc) is 3.03. The summed E-state index contributed by atoms with van der Waals surface area (Å²) in [6.45, 7) is -0.225. The first-order valence-electron chi connectivity index (χ1n) is 8.00. The fraction of sp³-hybridized carbons (Fsp3) is 0.167. The molecular weight excluding hydrogens is 404 g/mol. The number of aromatic nitrogens is 1. The first-order chi connectivity index (χ1) is 13.4. The van der Waals surface area contributed by atoms with Gasteiger partial charge in [-0.3, -0.25) is 4.79 Å². The van der Waals surface area contributed by atoms with Gasteiger partial charge in [0.15, 0.2) is 0 Å². The smallest absolute Gasteiger partial charge is 0.337 e. The average molecular weight is 420 g/mol. The molecule has 0 unspecified atom stereocenters. The van der Waals surface area contributed by atoms with Crippen LogP contribution in [0.15, 0.2) is 57.8 Å². The fourth-order valence-electron chi connectivity index (χ4n) is 2.48. The van der Waals surface area contributed by atoms with Gasteiger partial charge in [-0.05, 0) is 30.3 Å². The van der Waals surface area contributed by atoms with Crippen LogP contribution in [0.1, 0.15) is 10.4 Å². The molecule has 1 heterocycles. The predicted molar refractivity (Wildman–Crippen MR) is 102 cm³/mol. The molecule has 0 saturated carbocycles. The van der Waals surface area contributed by atoms with Gasteiger partial charge >= 0.3 is 11.9 Å². The van der Waals surface area contributed by atoms with E-state index in [1.54, 1.807) is 30.3 Å². The van der Waals surface area contributed by atoms with Crippen molar-refractivity contribution < 1.29 is 27.5 Å². The highest BCUT2D eigenvalue weighted by Gasteiger charge is 2.17. The van der Waals surface area contributed by atoms with Crippen molar-refractivity contribution in [2.24, 2.45) is 4.40 Å². The molecule has 0 atom stereocenters. The number of benzene rings is 2. The molecule has 1 aromatic heterocycles. The first-order valence-corrected chi connectivity index (χ1v) is 10.3. The molecule has 0 saturated heterocycles. The van der Waals surface area contributed by atoms with Crippen LogP contribution in [-0.2, 0) is 30.8 Å². The zero-order valence-electron chi connectivity index (χ0n) is 15.0. The number of sulfonamides is 1. The Balaban J connectivity index is 2.23. The van der Waals surface area contributed by atoms with E-state index in [4.69, 9.17) is 9.47 Å². The van der Waals surface area contributed by atoms with Crippen LogP contribution in [0.5, 0.6) is 0 Å². The third kappa shape index (κ3) is 3.97. The second-order valence-electron chi connectivity index (χ2n) is 5.60. The number of esters is 2. The summed E-state index contributed by atoms with van der Waals surface area (Å²) in [7, 11) is -1.48. The van der Waals surface area contributed by atoms with E-state index in [1.165, 1.54) is 37.0 Å². The Bertz CT molecular complexity index is 1210. The molecule has 3 rings (SSSR count). The second-order valence-corrected chi connectivity index (χ2v) is 8.21. The van der Waals surface area contributed by atoms with Crippen LogP contribution in [0.2, 0.25) is 0 Å². The summed E-state index contributed by atoms with van der Waals surface area (Å²) in [5.41, 5.74) is 0.851. The third-order valence-corrected chi connectivity index (χ3v) is 6.30. The van der Waals surface area contributed by atoms with Gasteiger partial charge in [0.05, 0.1) is 34.9 Å². The van der Waals surface area contributed by atoms with E-state index in [1.807, 2.05) is 0 Å². The van der Waals surface area contributed by atoms with Crippen LogP contribution in [0.25, 0.3) is 10.2 Å². The molecule has 0 aliphatic carbocycles. The summed E-state index contributed by atoms with van der Waals surface area (Å²) in [5, 5.41) is 0. The lowest BCUT2D eigenvalue weighted by Crippen LogP contribution is -2.22. The van der Waals surface area contributed by atoms with Crippen LogP contribution in [0, 0.1) is 0 Å². The molecule has 0 bridgehead atoms. The Morgan fingerprint density at radius 1 is 1.07 bits per heavy atom. The quantitative estimate of drug-likeness (QED) is 0.585. The second kappa shape index (κ2) is 7.95. The van der Waals surface area contributed by atoms with Crippen molar-refractivity contribution >= 4 is 43.5 Å². The number of nitrogens with zero attached hydrogens (tertiary/aromatic N) is 2. The zero-order valence-corrected chi connectivity index (χ0v) is 16.6. The number of rotatable bonds is 5. The standard InChI is InChI=1S/C18H16N2O6S2/c1-25-16(21)11-20-14-9-8-12(17(22)26-2)10-15(14)27-18(20)19-28(23,24)13-6-4-3-5-7-13/h3-10H,11H2,1-2H3. The highest BCUT2D eigenvalue weighted by atomic mass is 32.2. The molecule has 0 aliphatic heterocycles. The van der Waals surface area contributed by atoms with E-state index in [0.717, 1.165) is 11.3 Å². The number of thiazole rings is 1. The van der Waals surface area contributed by atoms with Gasteiger partial charge in [0.1, 0.15) is 6.54 Å². The van der Waals surface area contributed by atoms with Gasteiger partial charge in [0.2, 0.25) is 4.80 Å². The molecule has 0 radical (unpaired) electrons. The number of methoxy groups -OCH3 is 2. The number of hydrogen-bond acceptors (Lipinski definition) is 7. The van der Waals surface area contributed by atoms with Crippen LogP contribution in [0.3, 0.4) is 0 Å². The molecule has 8 nitrogen and oxygen atoms in total. The number of hydrogen-bond donors (Lipinski definition) is 0. The predicted octanol–water partition coefficient (Wildman–Crippen LogP) is 1.95. The Kier molecular flexibility index (Phi) is 5.61. The monoisotopic (exact) mass is 420 g/mol. The molecule has 28 heavy (non-hydrogen) atoms. The summed E-state index contributed by atoms with van der Waals surface area (Å²) >= 11 is 1.04. The van der Waals surface area contributed by atoms with Gasteiger partial charge in [-0.25, -0.2) is 4.79 Å². The normalized spacial score (nSPS) is 12.1. The van der Waals surface area contributed by atoms with E-state index < -0.39 is 22.0 Å². The minimum atomic E-state index is -3.99. The maximum Gasteiger partial charge on any atom is 0.337 e. The molecule has 2 aromatic carbocycles. The number of carbonyl (C=O) groups excluding carboxylic acids is 2. The molecule has 0 N–H and O–H groups in total. The SMILES string of the molecule is COC(=O)Cn1c(=NS(=O)(=O)c2ccccc2)sc2cc(C(=O)OC)ccc21. The van der Waals surface area contributed by atoms with Crippen molar-refractivity contribution in [3.8, 4) is 0 Å². The van der Waals surface area contributed by atoms with Gasteiger partial charge in [0.25, 0.3) is 10.0 Å². The van der Waals surface area contributed by atoms with Gasteiger partial charge in [-0.15, -0.1) is 4.40 Å². The van der Waals surface area contributed by atoms with Crippen molar-refractivity contribution in [3.05, 3.63) is 58.9 Å². The van der Waals surface area contributed by atoms with Crippen molar-refractivity contribution in [2.45, 2.75) is 11.4 Å². The highest BCUT2D eigenvalue weighted by Crippen LogP contribution is 2.21. The maximum atomic E-state index is 12.6. The summed E-state index contributed by atoms with van der Waals surface area (Å²) in [6, 6.07) is 12.5. The summed E-state index contributed by atoms with van der Waals surface area (Å²) in [6.07, 6.45) is 0. The minimum Gasteiger partial charge on any atom is -0.468 e. The van der Waals surface area contributed by atoms with Gasteiger partial charge in [0, 0.05) is 0 Å². The third-order valence-electron chi connectivity index (χ3n) is 3.86. The van der Waals surface area contributed by atoms with Crippen molar-refractivity contribution in [1.29, 1.82) is 0 Å². The lowest BCUT2D eigenvalue weighted by atomic mass is 10.2. The van der Waals surface area contributed by atoms with Gasteiger partial charge in [-0.2, -0.15) is 8.42 Å². The Morgan fingerprint density at radius 3 is 2.43 bits per heavy atom. The Labute approximate surface area is 164 Å². The molecule has 0 fully saturated rings. The Morgan fingerprint density at radius 2 is 1.79 bits per heavy atom. The lowest BCUT2D eigenvalue weighted by molar-refractivity contribution is -0.141. The van der Waals surface area contributed by atoms with E-state index in [0.29, 0.717) is 15.8 Å². The topological polar surface area (TPSA) is 104 Å². The maximum absolute atomic E-state index is 12.6. The fourth-order valence-corrected chi connectivity index (χ4v) is 4.78. The number of carbonyl (C=O) groups is 2. The highest BCUT2D eigenvalue weighted by molar-refractivity contribution is 7.90. The van der Waals surface area contributed by atoms with E-state index in [-0.39, 0.29) is 16.2 Å². The summed E-state index contributed by atoms with van der Waals surface area (Å²) in [5.74, 6) is -1.08. The largest absolute Gasteiger partial charge is 0.468 e. The number of ether oxygens (including phenoxy) is 2. The van der Waals surface area contributed by atoms with Crippen LogP contribution in [0.4, 0.5) is 0 Å². The molecule has 0 aliphatic rings. The van der Waals surface area contributed by atoms with Crippen LogP contribution < -0.4 is 4.80 Å². The summed E-state index contributed by atoms with van der Waals surface area (Å²) < 4.78 is 40.6. The van der Waals surface area contributed by atoms with Crippen molar-refractivity contribution in [2.75, 3.05) is 14.2 Å². The number of fused-ring (bicyclic) bond motifs is 1. The lowest BCUT2D eigenvalue weighted by Gasteiger charge is -2.04. The molecule has 146 valence electrons. The first kappa shape index (κ1) is 19.8. The molecule has 0 amide bonds.